The molecule has 1 amide bonds. The van der Waals surface area contributed by atoms with E-state index < -0.39 is 6.09 Å². The van der Waals surface area contributed by atoms with Crippen LogP contribution in [0.3, 0.4) is 0 Å². The molecular formula is C11H19NO2. The molecule has 0 saturated carbocycles. The average molecular weight is 197 g/mol. The van der Waals surface area contributed by atoms with Gasteiger partial charge in [-0.2, -0.15) is 0 Å². The first-order valence-corrected chi connectivity index (χ1v) is 5.20. The smallest absolute Gasteiger partial charge is 0.404 e. The van der Waals surface area contributed by atoms with Gasteiger partial charge in [0.05, 0.1) is 0 Å². The molecule has 2 N–H and O–H groups in total. The molecule has 1 rings (SSSR count). The second-order valence-corrected chi connectivity index (χ2v) is 3.10. The highest BCUT2D eigenvalue weighted by Crippen LogP contribution is 2.06. The first kappa shape index (κ1) is 12.8. The summed E-state index contributed by atoms with van der Waals surface area (Å²) in [5.41, 5.74) is 0. The molecule has 1 aliphatic carbocycles. The van der Waals surface area contributed by atoms with Crippen LogP contribution in [0.15, 0.2) is 0 Å². The number of carbonyl (C=O) groups is 1. The van der Waals surface area contributed by atoms with Crippen molar-refractivity contribution >= 4 is 6.09 Å². The molecular weight excluding hydrogens is 178 g/mol. The Labute approximate surface area is 85.9 Å². The van der Waals surface area contributed by atoms with Crippen LogP contribution in [-0.2, 0) is 0 Å². The van der Waals surface area contributed by atoms with Crippen LogP contribution in [0.5, 0.6) is 0 Å². The predicted molar refractivity (Wildman–Crippen MR) is 57.2 cm³/mol. The molecule has 14 heavy (non-hydrogen) atoms. The number of nitrogens with one attached hydrogen (secondary N) is 1. The molecule has 1 aliphatic rings. The standard InChI is InChI=1S/C8H12.C3H7NO2/c1-2-4-6-8-7-5-3-1;1-2-4-3(5)6/h1-6H2;4H,2H2,1H3,(H,5,6). The van der Waals surface area contributed by atoms with E-state index in [0.717, 1.165) is 12.8 Å². The minimum Gasteiger partial charge on any atom is -0.465 e. The van der Waals surface area contributed by atoms with Gasteiger partial charge in [0.25, 0.3) is 0 Å². The van der Waals surface area contributed by atoms with E-state index in [9.17, 15) is 4.79 Å². The molecule has 0 aromatic rings. The molecule has 80 valence electrons. The van der Waals surface area contributed by atoms with E-state index in [2.05, 4.69) is 17.2 Å². The van der Waals surface area contributed by atoms with Crippen LogP contribution in [0, 0.1) is 11.8 Å². The number of rotatable bonds is 1. The summed E-state index contributed by atoms with van der Waals surface area (Å²) < 4.78 is 0. The van der Waals surface area contributed by atoms with Gasteiger partial charge in [0, 0.05) is 19.4 Å². The third-order valence-corrected chi connectivity index (χ3v) is 1.81. The Morgan fingerprint density at radius 2 is 1.71 bits per heavy atom. The molecule has 0 heterocycles. The van der Waals surface area contributed by atoms with Gasteiger partial charge in [-0.05, 0) is 19.8 Å². The predicted octanol–water partition coefficient (Wildman–Crippen LogP) is 2.62. The Hall–Kier alpha value is -1.17. The summed E-state index contributed by atoms with van der Waals surface area (Å²) in [5, 5.41) is 9.93. The summed E-state index contributed by atoms with van der Waals surface area (Å²) in [6.45, 7) is 2.21. The van der Waals surface area contributed by atoms with E-state index in [-0.39, 0.29) is 0 Å². The number of amides is 1. The zero-order valence-corrected chi connectivity index (χ0v) is 8.81. The minimum absolute atomic E-state index is 0.481. The third-order valence-electron chi connectivity index (χ3n) is 1.81. The van der Waals surface area contributed by atoms with E-state index >= 15 is 0 Å². The first-order chi connectivity index (χ1) is 6.77. The van der Waals surface area contributed by atoms with Crippen molar-refractivity contribution in [2.45, 2.75) is 45.4 Å². The number of hydrogen-bond donors (Lipinski definition) is 2. The molecule has 3 heteroatoms. The van der Waals surface area contributed by atoms with E-state index in [0.29, 0.717) is 6.54 Å². The summed E-state index contributed by atoms with van der Waals surface area (Å²) in [6.07, 6.45) is 6.76. The molecule has 0 bridgehead atoms. The van der Waals surface area contributed by atoms with Crippen LogP contribution in [0.4, 0.5) is 4.79 Å². The third kappa shape index (κ3) is 10.8. The van der Waals surface area contributed by atoms with Gasteiger partial charge in [0.1, 0.15) is 0 Å². The summed E-state index contributed by atoms with van der Waals surface area (Å²) in [4.78, 5) is 9.49. The maximum Gasteiger partial charge on any atom is 0.404 e. The van der Waals surface area contributed by atoms with Gasteiger partial charge in [0.15, 0.2) is 0 Å². The summed E-state index contributed by atoms with van der Waals surface area (Å²) >= 11 is 0. The highest BCUT2D eigenvalue weighted by atomic mass is 16.4. The van der Waals surface area contributed by atoms with Gasteiger partial charge in [-0.15, -0.1) is 11.8 Å². The SMILES string of the molecule is C1#CCCCCCC1.CCNC(=O)O. The number of carboxylic acid groups (broad SMARTS) is 1. The topological polar surface area (TPSA) is 49.3 Å². The van der Waals surface area contributed by atoms with Crippen molar-refractivity contribution in [2.75, 3.05) is 6.54 Å². The van der Waals surface area contributed by atoms with Crippen LogP contribution in [0.1, 0.15) is 45.4 Å². The summed E-state index contributed by atoms with van der Waals surface area (Å²) in [7, 11) is 0. The van der Waals surface area contributed by atoms with Gasteiger partial charge < -0.3 is 10.4 Å². The fourth-order valence-corrected chi connectivity index (χ4v) is 1.11. The van der Waals surface area contributed by atoms with Crippen molar-refractivity contribution in [3.8, 4) is 11.8 Å². The lowest BCUT2D eigenvalue weighted by Crippen LogP contribution is -2.19. The van der Waals surface area contributed by atoms with Gasteiger partial charge >= 0.3 is 6.09 Å². The van der Waals surface area contributed by atoms with Crippen LogP contribution in [0.2, 0.25) is 0 Å². The monoisotopic (exact) mass is 197 g/mol. The molecule has 0 aromatic carbocycles. The molecule has 0 atom stereocenters. The molecule has 0 aliphatic heterocycles. The molecule has 3 nitrogen and oxygen atoms in total. The normalized spacial score (nSPS) is 14.6. The Kier molecular flexibility index (Phi) is 9.09. The van der Waals surface area contributed by atoms with E-state index in [1.807, 2.05) is 0 Å². The Balaban J connectivity index is 0.000000255. The van der Waals surface area contributed by atoms with Gasteiger partial charge in [-0.3, -0.25) is 0 Å². The highest BCUT2D eigenvalue weighted by molar-refractivity contribution is 5.64. The molecule has 0 radical (unpaired) electrons. The van der Waals surface area contributed by atoms with Crippen molar-refractivity contribution in [1.29, 1.82) is 0 Å². The fraction of sp³-hybridized carbons (Fsp3) is 0.727. The minimum atomic E-state index is -0.961. The molecule has 0 saturated heterocycles. The van der Waals surface area contributed by atoms with Crippen molar-refractivity contribution in [3.05, 3.63) is 0 Å². The van der Waals surface area contributed by atoms with Crippen molar-refractivity contribution in [2.24, 2.45) is 0 Å². The van der Waals surface area contributed by atoms with E-state index in [1.54, 1.807) is 6.92 Å². The fourth-order valence-electron chi connectivity index (χ4n) is 1.11. The van der Waals surface area contributed by atoms with E-state index in [4.69, 9.17) is 5.11 Å². The van der Waals surface area contributed by atoms with Crippen LogP contribution in [-0.4, -0.2) is 17.7 Å². The van der Waals surface area contributed by atoms with Crippen LogP contribution < -0.4 is 5.32 Å². The van der Waals surface area contributed by atoms with Gasteiger partial charge in [-0.25, -0.2) is 4.79 Å². The largest absolute Gasteiger partial charge is 0.465 e. The Morgan fingerprint density at radius 3 is 2.00 bits per heavy atom. The maximum absolute atomic E-state index is 9.49. The van der Waals surface area contributed by atoms with Crippen LogP contribution in [0.25, 0.3) is 0 Å². The van der Waals surface area contributed by atoms with Crippen molar-refractivity contribution < 1.29 is 9.90 Å². The lowest BCUT2D eigenvalue weighted by molar-refractivity contribution is 0.195. The summed E-state index contributed by atoms with van der Waals surface area (Å²) in [6, 6.07) is 0. The second-order valence-electron chi connectivity index (χ2n) is 3.10. The summed E-state index contributed by atoms with van der Waals surface area (Å²) in [5.74, 6) is 6.27. The quantitative estimate of drug-likeness (QED) is 0.635. The lowest BCUT2D eigenvalue weighted by atomic mass is 10.1. The second kappa shape index (κ2) is 9.91. The Morgan fingerprint density at radius 1 is 1.21 bits per heavy atom. The zero-order valence-electron chi connectivity index (χ0n) is 8.81. The zero-order chi connectivity index (χ0) is 10.6. The van der Waals surface area contributed by atoms with Crippen molar-refractivity contribution in [1.82, 2.24) is 5.32 Å². The molecule has 0 aromatic heterocycles. The highest BCUT2D eigenvalue weighted by Gasteiger charge is 1.89. The molecule has 0 fully saturated rings. The average Bonchev–Trinajstić information content (AvgIpc) is 2.02. The molecule has 0 unspecified atom stereocenters. The van der Waals surface area contributed by atoms with Gasteiger partial charge in [-0.1, -0.05) is 12.8 Å². The van der Waals surface area contributed by atoms with Gasteiger partial charge in [0.2, 0.25) is 0 Å². The molecule has 0 spiro atoms. The van der Waals surface area contributed by atoms with Crippen LogP contribution >= 0.6 is 0 Å². The lowest BCUT2D eigenvalue weighted by Gasteiger charge is -1.97. The Bertz CT molecular complexity index is 191. The first-order valence-electron chi connectivity index (χ1n) is 5.20. The van der Waals surface area contributed by atoms with Crippen molar-refractivity contribution in [3.63, 3.8) is 0 Å². The van der Waals surface area contributed by atoms with E-state index in [1.165, 1.54) is 25.7 Å². The maximum atomic E-state index is 9.49. The number of hydrogen-bond acceptors (Lipinski definition) is 1.